The number of thioether (sulfide) groups is 1. The van der Waals surface area contributed by atoms with Crippen molar-refractivity contribution < 1.29 is 9.53 Å². The van der Waals surface area contributed by atoms with Gasteiger partial charge in [0.1, 0.15) is 10.1 Å². The van der Waals surface area contributed by atoms with E-state index in [-0.39, 0.29) is 5.91 Å². The largest absolute Gasteiger partial charge is 0.492 e. The summed E-state index contributed by atoms with van der Waals surface area (Å²) in [6.45, 7) is 7.42. The lowest BCUT2D eigenvalue weighted by atomic mass is 10.2. The van der Waals surface area contributed by atoms with Crippen molar-refractivity contribution in [3.63, 3.8) is 0 Å². The van der Waals surface area contributed by atoms with E-state index in [0.29, 0.717) is 28.3 Å². The number of benzene rings is 1. The van der Waals surface area contributed by atoms with Gasteiger partial charge in [-0.3, -0.25) is 9.69 Å². The number of ether oxygens (including phenoxy) is 1. The molecule has 0 aliphatic carbocycles. The van der Waals surface area contributed by atoms with Crippen LogP contribution >= 0.6 is 39.9 Å². The second kappa shape index (κ2) is 7.62. The van der Waals surface area contributed by atoms with Crippen molar-refractivity contribution in [2.75, 3.05) is 13.2 Å². The molecule has 22 heavy (non-hydrogen) atoms. The monoisotopic (exact) mass is 399 g/mol. The second-order valence-corrected chi connectivity index (χ2v) is 7.85. The molecule has 0 N–H and O–H groups in total. The average molecular weight is 400 g/mol. The summed E-state index contributed by atoms with van der Waals surface area (Å²) in [4.78, 5) is 14.5. The lowest BCUT2D eigenvalue weighted by molar-refractivity contribution is -0.121. The molecule has 1 amide bonds. The van der Waals surface area contributed by atoms with Crippen LogP contribution in [0.5, 0.6) is 5.75 Å². The molecule has 1 heterocycles. The second-order valence-electron chi connectivity index (χ2n) is 5.32. The van der Waals surface area contributed by atoms with Crippen molar-refractivity contribution in [1.82, 2.24) is 4.90 Å². The smallest absolute Gasteiger partial charge is 0.266 e. The highest BCUT2D eigenvalue weighted by Crippen LogP contribution is 2.33. The fraction of sp³-hybridized carbons (Fsp3) is 0.375. The van der Waals surface area contributed by atoms with E-state index in [2.05, 4.69) is 29.8 Å². The van der Waals surface area contributed by atoms with Gasteiger partial charge in [-0.2, -0.15) is 0 Å². The van der Waals surface area contributed by atoms with Crippen molar-refractivity contribution >= 4 is 56.2 Å². The maximum Gasteiger partial charge on any atom is 0.266 e. The summed E-state index contributed by atoms with van der Waals surface area (Å²) < 4.78 is 7.23. The zero-order valence-corrected chi connectivity index (χ0v) is 16.0. The van der Waals surface area contributed by atoms with Crippen LogP contribution in [0.4, 0.5) is 0 Å². The van der Waals surface area contributed by atoms with E-state index in [4.69, 9.17) is 17.0 Å². The van der Waals surface area contributed by atoms with Gasteiger partial charge in [-0.1, -0.05) is 43.9 Å². The summed E-state index contributed by atoms with van der Waals surface area (Å²) in [7, 11) is 0. The molecule has 0 unspecified atom stereocenters. The molecule has 0 spiro atoms. The van der Waals surface area contributed by atoms with Crippen molar-refractivity contribution in [1.29, 1.82) is 0 Å². The summed E-state index contributed by atoms with van der Waals surface area (Å²) in [5.74, 6) is 1.27. The zero-order chi connectivity index (χ0) is 16.3. The number of nitrogens with zero attached hydrogens (tertiary/aromatic N) is 1. The van der Waals surface area contributed by atoms with E-state index < -0.39 is 0 Å². The lowest BCUT2D eigenvalue weighted by Crippen LogP contribution is -2.27. The molecule has 0 saturated carbocycles. The molecule has 3 nitrogen and oxygen atoms in total. The number of hydrogen-bond donors (Lipinski definition) is 0. The van der Waals surface area contributed by atoms with Gasteiger partial charge < -0.3 is 4.74 Å². The molecule has 1 aliphatic heterocycles. The molecule has 0 radical (unpaired) electrons. The van der Waals surface area contributed by atoms with Crippen LogP contribution < -0.4 is 4.74 Å². The predicted molar refractivity (Wildman–Crippen MR) is 100 cm³/mol. The molecule has 1 aromatic carbocycles. The Bertz CT molecular complexity index is 629. The summed E-state index contributed by atoms with van der Waals surface area (Å²) in [6.07, 6.45) is 1.87. The Morgan fingerprint density at radius 2 is 2.18 bits per heavy atom. The van der Waals surface area contributed by atoms with E-state index in [0.717, 1.165) is 15.8 Å². The van der Waals surface area contributed by atoms with Crippen LogP contribution in [0.15, 0.2) is 27.6 Å². The number of halogens is 1. The van der Waals surface area contributed by atoms with Crippen molar-refractivity contribution in [2.45, 2.75) is 20.8 Å². The molecule has 6 heteroatoms. The van der Waals surface area contributed by atoms with E-state index in [1.807, 2.05) is 31.2 Å². The first kappa shape index (κ1) is 17.5. The molecule has 1 aliphatic rings. The quantitative estimate of drug-likeness (QED) is 0.529. The van der Waals surface area contributed by atoms with Crippen molar-refractivity contribution in [2.24, 2.45) is 5.92 Å². The number of carbonyl (C=O) groups is 1. The van der Waals surface area contributed by atoms with Gasteiger partial charge in [0.25, 0.3) is 5.91 Å². The summed E-state index contributed by atoms with van der Waals surface area (Å²) >= 11 is 10.1. The van der Waals surface area contributed by atoms with Gasteiger partial charge in [0, 0.05) is 6.54 Å². The van der Waals surface area contributed by atoms with E-state index in [1.165, 1.54) is 11.8 Å². The minimum atomic E-state index is -0.0197. The molecule has 1 saturated heterocycles. The molecule has 0 aromatic heterocycles. The first-order valence-corrected chi connectivity index (χ1v) is 9.11. The number of hydrogen-bond acceptors (Lipinski definition) is 4. The van der Waals surface area contributed by atoms with E-state index in [1.54, 1.807) is 4.90 Å². The van der Waals surface area contributed by atoms with Crippen LogP contribution in [-0.2, 0) is 4.79 Å². The zero-order valence-electron chi connectivity index (χ0n) is 12.8. The summed E-state index contributed by atoms with van der Waals surface area (Å²) in [5, 5.41) is 0. The fourth-order valence-corrected chi connectivity index (χ4v) is 3.80. The summed E-state index contributed by atoms with van der Waals surface area (Å²) in [6, 6.07) is 5.81. The average Bonchev–Trinajstić information content (AvgIpc) is 2.72. The maximum absolute atomic E-state index is 12.2. The molecule has 118 valence electrons. The minimum absolute atomic E-state index is 0.0197. The molecule has 2 rings (SSSR count). The molecular weight excluding hydrogens is 382 g/mol. The van der Waals surface area contributed by atoms with Crippen molar-refractivity contribution in [3.8, 4) is 5.75 Å². The minimum Gasteiger partial charge on any atom is -0.492 e. The van der Waals surface area contributed by atoms with Crippen LogP contribution in [0.1, 0.15) is 26.3 Å². The normalized spacial score (nSPS) is 17.0. The van der Waals surface area contributed by atoms with E-state index in [9.17, 15) is 4.79 Å². The first-order chi connectivity index (χ1) is 10.4. The van der Waals surface area contributed by atoms with Gasteiger partial charge in [-0.15, -0.1) is 0 Å². The SMILES string of the molecule is CCN1C(=O)/C(=C/c2ccc(OCC(C)C)c(Br)c2)SC1=S. The number of thiocarbonyl (C=S) groups is 1. The lowest BCUT2D eigenvalue weighted by Gasteiger charge is -2.11. The standard InChI is InChI=1S/C16H18BrNO2S2/c1-4-18-15(19)14(22-16(18)21)8-11-5-6-13(12(17)7-11)20-9-10(2)3/h5-8,10H,4,9H2,1-3H3/b14-8-. The molecule has 0 bridgehead atoms. The Morgan fingerprint density at radius 3 is 2.73 bits per heavy atom. The fourth-order valence-electron chi connectivity index (χ4n) is 1.90. The highest BCUT2D eigenvalue weighted by molar-refractivity contribution is 9.10. The number of likely N-dealkylation sites (N-methyl/N-ethyl adjacent to an activating group) is 1. The highest BCUT2D eigenvalue weighted by Gasteiger charge is 2.30. The Labute approximate surface area is 149 Å². The van der Waals surface area contributed by atoms with E-state index >= 15 is 0 Å². The van der Waals surface area contributed by atoms with Crippen LogP contribution in [0.25, 0.3) is 6.08 Å². The maximum atomic E-state index is 12.2. The van der Waals surface area contributed by atoms with Crippen LogP contribution in [0.2, 0.25) is 0 Å². The highest BCUT2D eigenvalue weighted by atomic mass is 79.9. The molecule has 1 aromatic rings. The van der Waals surface area contributed by atoms with Gasteiger partial charge in [0.2, 0.25) is 0 Å². The molecular formula is C16H18BrNO2S2. The topological polar surface area (TPSA) is 29.5 Å². The van der Waals surface area contributed by atoms with Gasteiger partial charge in [-0.05, 0) is 52.5 Å². The Balaban J connectivity index is 2.17. The number of carbonyl (C=O) groups excluding carboxylic acids is 1. The summed E-state index contributed by atoms with van der Waals surface area (Å²) in [5.41, 5.74) is 0.945. The Morgan fingerprint density at radius 1 is 1.45 bits per heavy atom. The predicted octanol–water partition coefficient (Wildman–Crippen LogP) is 4.71. The van der Waals surface area contributed by atoms with Crippen LogP contribution in [-0.4, -0.2) is 28.3 Å². The number of amides is 1. The third kappa shape index (κ3) is 4.12. The van der Waals surface area contributed by atoms with Gasteiger partial charge >= 0.3 is 0 Å². The first-order valence-electron chi connectivity index (χ1n) is 7.10. The third-order valence-corrected chi connectivity index (χ3v) is 5.01. The third-order valence-electron chi connectivity index (χ3n) is 3.02. The molecule has 1 fully saturated rings. The van der Waals surface area contributed by atoms with Crippen LogP contribution in [0.3, 0.4) is 0 Å². The molecule has 0 atom stereocenters. The number of rotatable bonds is 5. The Kier molecular flexibility index (Phi) is 6.06. The van der Waals surface area contributed by atoms with Crippen molar-refractivity contribution in [3.05, 3.63) is 33.1 Å². The van der Waals surface area contributed by atoms with Gasteiger partial charge in [0.15, 0.2) is 0 Å². The van der Waals surface area contributed by atoms with Gasteiger partial charge in [0.05, 0.1) is 16.0 Å². The van der Waals surface area contributed by atoms with Crippen LogP contribution in [0, 0.1) is 5.92 Å². The Hall–Kier alpha value is -0.850. The van der Waals surface area contributed by atoms with Gasteiger partial charge in [-0.25, -0.2) is 0 Å².